The third kappa shape index (κ3) is 4.11. The second kappa shape index (κ2) is 7.31. The summed E-state index contributed by atoms with van der Waals surface area (Å²) < 4.78 is 0. The van der Waals surface area contributed by atoms with Crippen molar-refractivity contribution >= 4 is 29.9 Å². The lowest BCUT2D eigenvalue weighted by molar-refractivity contribution is -0.128. The van der Waals surface area contributed by atoms with Gasteiger partial charge in [-0.1, -0.05) is 6.07 Å². The summed E-state index contributed by atoms with van der Waals surface area (Å²) in [4.78, 5) is 27.6. The van der Waals surface area contributed by atoms with E-state index < -0.39 is 0 Å². The Kier molecular flexibility index (Phi) is 6.03. The maximum Gasteiger partial charge on any atom is 0.254 e. The summed E-state index contributed by atoms with van der Waals surface area (Å²) in [5.41, 5.74) is 7.94. The van der Waals surface area contributed by atoms with Crippen LogP contribution in [-0.4, -0.2) is 47.8 Å². The molecular formula is C15H22ClN3O2. The number of nitrogens with zero attached hydrogens (tertiary/aromatic N) is 2. The van der Waals surface area contributed by atoms with E-state index in [4.69, 9.17) is 5.73 Å². The van der Waals surface area contributed by atoms with Crippen molar-refractivity contribution in [2.75, 3.05) is 31.9 Å². The predicted octanol–water partition coefficient (Wildman–Crippen LogP) is 1.69. The van der Waals surface area contributed by atoms with E-state index in [1.54, 1.807) is 24.0 Å². The smallest absolute Gasteiger partial charge is 0.254 e. The molecule has 116 valence electrons. The monoisotopic (exact) mass is 311 g/mol. The lowest BCUT2D eigenvalue weighted by Gasteiger charge is -2.22. The molecule has 1 aromatic rings. The van der Waals surface area contributed by atoms with E-state index in [9.17, 15) is 9.59 Å². The maximum absolute atomic E-state index is 12.6. The van der Waals surface area contributed by atoms with Gasteiger partial charge in [-0.2, -0.15) is 0 Å². The summed E-state index contributed by atoms with van der Waals surface area (Å²) >= 11 is 0. The average molecular weight is 312 g/mol. The number of nitrogen functional groups attached to an aromatic ring is 1. The van der Waals surface area contributed by atoms with E-state index in [0.29, 0.717) is 30.9 Å². The van der Waals surface area contributed by atoms with Gasteiger partial charge in [0.1, 0.15) is 0 Å². The SMILES string of the molecule is CC(=O)N1CCCN(C(=O)c2cc(N)ccc2C)CC1.Cl. The van der Waals surface area contributed by atoms with Crippen molar-refractivity contribution in [1.29, 1.82) is 0 Å². The molecular weight excluding hydrogens is 290 g/mol. The molecule has 0 bridgehead atoms. The number of hydrogen-bond acceptors (Lipinski definition) is 3. The molecule has 0 aromatic heterocycles. The summed E-state index contributed by atoms with van der Waals surface area (Å²) in [6.07, 6.45) is 0.812. The number of anilines is 1. The second-order valence-electron chi connectivity index (χ2n) is 5.23. The van der Waals surface area contributed by atoms with Crippen molar-refractivity contribution in [3.8, 4) is 0 Å². The van der Waals surface area contributed by atoms with Crippen LogP contribution in [0.1, 0.15) is 29.3 Å². The lowest BCUT2D eigenvalue weighted by Crippen LogP contribution is -2.36. The van der Waals surface area contributed by atoms with Crippen molar-refractivity contribution in [3.05, 3.63) is 29.3 Å². The molecule has 0 spiro atoms. The fourth-order valence-electron chi connectivity index (χ4n) is 2.48. The molecule has 1 aromatic carbocycles. The molecule has 0 unspecified atom stereocenters. The Morgan fingerprint density at radius 2 is 1.71 bits per heavy atom. The Morgan fingerprint density at radius 3 is 2.38 bits per heavy atom. The predicted molar refractivity (Wildman–Crippen MR) is 85.6 cm³/mol. The van der Waals surface area contributed by atoms with Crippen molar-refractivity contribution < 1.29 is 9.59 Å². The minimum Gasteiger partial charge on any atom is -0.399 e. The Hall–Kier alpha value is -1.75. The molecule has 1 aliphatic rings. The van der Waals surface area contributed by atoms with Crippen molar-refractivity contribution in [3.63, 3.8) is 0 Å². The summed E-state index contributed by atoms with van der Waals surface area (Å²) in [6.45, 7) is 6.05. The standard InChI is InChI=1S/C15H21N3O2.ClH/c1-11-4-5-13(16)10-14(11)15(20)18-7-3-6-17(8-9-18)12(2)19;/h4-5,10H,3,6-9,16H2,1-2H3;1H. The Labute approximate surface area is 131 Å². The quantitative estimate of drug-likeness (QED) is 0.803. The highest BCUT2D eigenvalue weighted by Crippen LogP contribution is 2.16. The van der Waals surface area contributed by atoms with Gasteiger partial charge < -0.3 is 15.5 Å². The molecule has 2 N–H and O–H groups in total. The minimum atomic E-state index is 0. The first-order valence-corrected chi connectivity index (χ1v) is 6.90. The molecule has 0 saturated carbocycles. The van der Waals surface area contributed by atoms with Gasteiger partial charge in [-0.25, -0.2) is 0 Å². The van der Waals surface area contributed by atoms with Crippen LogP contribution in [0.3, 0.4) is 0 Å². The molecule has 1 heterocycles. The number of rotatable bonds is 1. The molecule has 1 saturated heterocycles. The molecule has 1 aliphatic heterocycles. The van der Waals surface area contributed by atoms with Gasteiger partial charge in [0.2, 0.25) is 5.91 Å². The maximum atomic E-state index is 12.6. The highest BCUT2D eigenvalue weighted by Gasteiger charge is 2.22. The van der Waals surface area contributed by atoms with Crippen LogP contribution in [0.25, 0.3) is 0 Å². The zero-order valence-corrected chi connectivity index (χ0v) is 13.3. The van der Waals surface area contributed by atoms with Gasteiger partial charge in [-0.05, 0) is 31.0 Å². The van der Waals surface area contributed by atoms with Gasteiger partial charge >= 0.3 is 0 Å². The van der Waals surface area contributed by atoms with E-state index >= 15 is 0 Å². The largest absolute Gasteiger partial charge is 0.399 e. The van der Waals surface area contributed by atoms with Gasteiger partial charge in [0.15, 0.2) is 0 Å². The summed E-state index contributed by atoms with van der Waals surface area (Å²) in [5, 5.41) is 0. The fourth-order valence-corrected chi connectivity index (χ4v) is 2.48. The molecule has 0 radical (unpaired) electrons. The number of carbonyl (C=O) groups is 2. The van der Waals surface area contributed by atoms with Crippen LogP contribution in [0.5, 0.6) is 0 Å². The molecule has 2 amide bonds. The molecule has 2 rings (SSSR count). The third-order valence-corrected chi connectivity index (χ3v) is 3.72. The Bertz CT molecular complexity index is 534. The summed E-state index contributed by atoms with van der Waals surface area (Å²) in [5.74, 6) is 0.0691. The molecule has 6 heteroatoms. The van der Waals surface area contributed by atoms with E-state index in [1.807, 2.05) is 17.9 Å². The third-order valence-electron chi connectivity index (χ3n) is 3.72. The molecule has 1 fully saturated rings. The zero-order chi connectivity index (χ0) is 14.7. The van der Waals surface area contributed by atoms with Gasteiger partial charge in [0.25, 0.3) is 5.91 Å². The van der Waals surface area contributed by atoms with Crippen LogP contribution in [-0.2, 0) is 4.79 Å². The normalized spacial score (nSPS) is 15.1. The molecule has 21 heavy (non-hydrogen) atoms. The summed E-state index contributed by atoms with van der Waals surface area (Å²) in [7, 11) is 0. The van der Waals surface area contributed by atoms with Crippen LogP contribution in [0, 0.1) is 6.92 Å². The Balaban J connectivity index is 0.00000220. The number of halogens is 1. The Morgan fingerprint density at radius 1 is 1.10 bits per heavy atom. The van der Waals surface area contributed by atoms with Crippen LogP contribution in [0.2, 0.25) is 0 Å². The fraction of sp³-hybridized carbons (Fsp3) is 0.467. The second-order valence-corrected chi connectivity index (χ2v) is 5.23. The first-order valence-electron chi connectivity index (χ1n) is 6.90. The van der Waals surface area contributed by atoms with Crippen molar-refractivity contribution in [1.82, 2.24) is 9.80 Å². The van der Waals surface area contributed by atoms with E-state index in [1.165, 1.54) is 0 Å². The first kappa shape index (κ1) is 17.3. The van der Waals surface area contributed by atoms with Crippen LogP contribution < -0.4 is 5.73 Å². The number of aryl methyl sites for hydroxylation is 1. The van der Waals surface area contributed by atoms with Crippen LogP contribution >= 0.6 is 12.4 Å². The minimum absolute atomic E-state index is 0. The van der Waals surface area contributed by atoms with Crippen molar-refractivity contribution in [2.24, 2.45) is 0 Å². The van der Waals surface area contributed by atoms with Gasteiger partial charge in [-0.3, -0.25) is 9.59 Å². The molecule has 0 aliphatic carbocycles. The van der Waals surface area contributed by atoms with Gasteiger partial charge in [0, 0.05) is 44.4 Å². The number of amides is 2. The zero-order valence-electron chi connectivity index (χ0n) is 12.5. The van der Waals surface area contributed by atoms with Crippen molar-refractivity contribution in [2.45, 2.75) is 20.3 Å². The highest BCUT2D eigenvalue weighted by molar-refractivity contribution is 5.96. The van der Waals surface area contributed by atoms with Gasteiger partial charge in [0.05, 0.1) is 0 Å². The van der Waals surface area contributed by atoms with E-state index in [0.717, 1.165) is 18.5 Å². The number of benzene rings is 1. The first-order chi connectivity index (χ1) is 9.49. The number of hydrogen-bond donors (Lipinski definition) is 1. The molecule has 0 atom stereocenters. The lowest BCUT2D eigenvalue weighted by atomic mass is 10.1. The van der Waals surface area contributed by atoms with E-state index in [2.05, 4.69) is 0 Å². The number of nitrogens with two attached hydrogens (primary N) is 1. The average Bonchev–Trinajstić information content (AvgIpc) is 2.66. The number of carbonyl (C=O) groups excluding carboxylic acids is 2. The topological polar surface area (TPSA) is 66.6 Å². The molecule has 5 nitrogen and oxygen atoms in total. The van der Waals surface area contributed by atoms with E-state index in [-0.39, 0.29) is 24.2 Å². The van der Waals surface area contributed by atoms with Gasteiger partial charge in [-0.15, -0.1) is 12.4 Å². The highest BCUT2D eigenvalue weighted by atomic mass is 35.5. The van der Waals surface area contributed by atoms with Crippen LogP contribution in [0.4, 0.5) is 5.69 Å². The summed E-state index contributed by atoms with van der Waals surface area (Å²) in [6, 6.07) is 5.39. The van der Waals surface area contributed by atoms with Crippen LogP contribution in [0.15, 0.2) is 18.2 Å².